The van der Waals surface area contributed by atoms with Gasteiger partial charge in [-0.05, 0) is 25.0 Å². The summed E-state index contributed by atoms with van der Waals surface area (Å²) in [6, 6.07) is 8.34. The van der Waals surface area contributed by atoms with Gasteiger partial charge in [-0.25, -0.2) is 4.79 Å². The van der Waals surface area contributed by atoms with Crippen molar-refractivity contribution in [1.82, 2.24) is 5.32 Å². The fourth-order valence-corrected chi connectivity index (χ4v) is 1.55. The molecule has 1 atom stereocenters. The molecular formula is C16H19NO4. The Hall–Kier alpha value is -2.43. The lowest BCUT2D eigenvalue weighted by Gasteiger charge is -2.20. The number of hydrogen-bond donors (Lipinski definition) is 1. The summed E-state index contributed by atoms with van der Waals surface area (Å²) < 4.78 is 5.07. The SMILES string of the molecule is C=C(C)C(=O)OC(C(=O)NC(=O)c1ccccc1)C(C)C. The van der Waals surface area contributed by atoms with Crippen molar-refractivity contribution in [3.05, 3.63) is 48.0 Å². The van der Waals surface area contributed by atoms with E-state index in [0.29, 0.717) is 5.56 Å². The molecular weight excluding hydrogens is 270 g/mol. The Morgan fingerprint density at radius 3 is 2.19 bits per heavy atom. The molecule has 1 N–H and O–H groups in total. The molecule has 1 aromatic rings. The highest BCUT2D eigenvalue weighted by molar-refractivity contribution is 6.06. The van der Waals surface area contributed by atoms with Crippen molar-refractivity contribution >= 4 is 17.8 Å². The van der Waals surface area contributed by atoms with E-state index >= 15 is 0 Å². The monoisotopic (exact) mass is 289 g/mol. The highest BCUT2D eigenvalue weighted by atomic mass is 16.5. The molecule has 1 aromatic carbocycles. The lowest BCUT2D eigenvalue weighted by molar-refractivity contribution is -0.154. The minimum absolute atomic E-state index is 0.197. The number of carbonyl (C=O) groups excluding carboxylic acids is 3. The summed E-state index contributed by atoms with van der Waals surface area (Å²) in [5, 5.41) is 2.24. The second-order valence-electron chi connectivity index (χ2n) is 5.03. The van der Waals surface area contributed by atoms with Gasteiger partial charge < -0.3 is 4.74 Å². The summed E-state index contributed by atoms with van der Waals surface area (Å²) in [7, 11) is 0. The standard InChI is InChI=1S/C16H19NO4/c1-10(2)13(21-16(20)11(3)4)15(19)17-14(18)12-8-6-5-7-9-12/h5-10,13H,3H2,1-2,4H3,(H,17,18,19). The molecule has 0 aliphatic rings. The normalized spacial score (nSPS) is 11.6. The average molecular weight is 289 g/mol. The van der Waals surface area contributed by atoms with E-state index in [-0.39, 0.29) is 11.5 Å². The van der Waals surface area contributed by atoms with E-state index in [2.05, 4.69) is 11.9 Å². The molecule has 0 fully saturated rings. The van der Waals surface area contributed by atoms with E-state index in [4.69, 9.17) is 4.74 Å². The molecule has 0 spiro atoms. The van der Waals surface area contributed by atoms with Crippen molar-refractivity contribution in [3.63, 3.8) is 0 Å². The highest BCUT2D eigenvalue weighted by Gasteiger charge is 2.28. The van der Waals surface area contributed by atoms with Gasteiger partial charge in [0.1, 0.15) is 0 Å². The Labute approximate surface area is 124 Å². The van der Waals surface area contributed by atoms with Crippen LogP contribution < -0.4 is 5.32 Å². The van der Waals surface area contributed by atoms with Crippen LogP contribution in [0.4, 0.5) is 0 Å². The first kappa shape index (κ1) is 16.6. The van der Waals surface area contributed by atoms with E-state index in [1.165, 1.54) is 6.92 Å². The number of hydrogen-bond acceptors (Lipinski definition) is 4. The number of imide groups is 1. The zero-order valence-corrected chi connectivity index (χ0v) is 12.4. The molecule has 0 aromatic heterocycles. The molecule has 1 unspecified atom stereocenters. The third-order valence-corrected chi connectivity index (χ3v) is 2.72. The van der Waals surface area contributed by atoms with Crippen molar-refractivity contribution < 1.29 is 19.1 Å². The van der Waals surface area contributed by atoms with Gasteiger partial charge in [0.05, 0.1) is 0 Å². The second kappa shape index (κ2) is 7.38. The first-order chi connectivity index (χ1) is 9.82. The third-order valence-electron chi connectivity index (χ3n) is 2.72. The van der Waals surface area contributed by atoms with E-state index < -0.39 is 23.9 Å². The number of rotatable bonds is 5. The van der Waals surface area contributed by atoms with Crippen LogP contribution in [0.15, 0.2) is 42.5 Å². The summed E-state index contributed by atoms with van der Waals surface area (Å²) in [4.78, 5) is 35.5. The van der Waals surface area contributed by atoms with Crippen LogP contribution >= 0.6 is 0 Å². The van der Waals surface area contributed by atoms with Crippen LogP contribution in [0, 0.1) is 5.92 Å². The Balaban J connectivity index is 2.76. The summed E-state index contributed by atoms with van der Waals surface area (Å²) >= 11 is 0. The van der Waals surface area contributed by atoms with Crippen LogP contribution in [-0.2, 0) is 14.3 Å². The predicted octanol–water partition coefficient (Wildman–Crippen LogP) is 2.09. The molecule has 2 amide bonds. The van der Waals surface area contributed by atoms with Gasteiger partial charge >= 0.3 is 5.97 Å². The van der Waals surface area contributed by atoms with E-state index in [1.807, 2.05) is 0 Å². The molecule has 112 valence electrons. The summed E-state index contributed by atoms with van der Waals surface area (Å²) in [5.41, 5.74) is 0.558. The van der Waals surface area contributed by atoms with Gasteiger partial charge in [0.2, 0.25) is 0 Å². The first-order valence-electron chi connectivity index (χ1n) is 6.59. The van der Waals surface area contributed by atoms with E-state index in [9.17, 15) is 14.4 Å². The van der Waals surface area contributed by atoms with Crippen LogP contribution in [0.1, 0.15) is 31.1 Å². The molecule has 1 rings (SSSR count). The lowest BCUT2D eigenvalue weighted by atomic mass is 10.1. The van der Waals surface area contributed by atoms with Crippen molar-refractivity contribution in [2.75, 3.05) is 0 Å². The lowest BCUT2D eigenvalue weighted by Crippen LogP contribution is -2.43. The largest absolute Gasteiger partial charge is 0.449 e. The number of benzene rings is 1. The third kappa shape index (κ3) is 4.87. The van der Waals surface area contributed by atoms with Crippen molar-refractivity contribution in [2.45, 2.75) is 26.9 Å². The van der Waals surface area contributed by atoms with Gasteiger partial charge in [0.15, 0.2) is 6.10 Å². The zero-order chi connectivity index (χ0) is 16.0. The zero-order valence-electron chi connectivity index (χ0n) is 12.4. The maximum Gasteiger partial charge on any atom is 0.333 e. The Kier molecular flexibility index (Phi) is 5.84. The minimum atomic E-state index is -1.04. The van der Waals surface area contributed by atoms with Crippen LogP contribution in [-0.4, -0.2) is 23.9 Å². The fourth-order valence-electron chi connectivity index (χ4n) is 1.55. The number of nitrogens with one attached hydrogen (secondary N) is 1. The average Bonchev–Trinajstić information content (AvgIpc) is 2.44. The van der Waals surface area contributed by atoms with Crippen LogP contribution in [0.3, 0.4) is 0 Å². The first-order valence-corrected chi connectivity index (χ1v) is 6.59. The van der Waals surface area contributed by atoms with Gasteiger partial charge in [-0.2, -0.15) is 0 Å². The molecule has 5 heteroatoms. The van der Waals surface area contributed by atoms with Crippen LogP contribution in [0.2, 0.25) is 0 Å². The number of esters is 1. The smallest absolute Gasteiger partial charge is 0.333 e. The van der Waals surface area contributed by atoms with Gasteiger partial charge in [-0.3, -0.25) is 14.9 Å². The highest BCUT2D eigenvalue weighted by Crippen LogP contribution is 2.10. The quantitative estimate of drug-likeness (QED) is 0.665. The molecule has 0 aliphatic heterocycles. The van der Waals surface area contributed by atoms with Crippen LogP contribution in [0.5, 0.6) is 0 Å². The van der Waals surface area contributed by atoms with Crippen molar-refractivity contribution in [3.8, 4) is 0 Å². The second-order valence-corrected chi connectivity index (χ2v) is 5.03. The van der Waals surface area contributed by atoms with E-state index in [1.54, 1.807) is 44.2 Å². The molecule has 0 heterocycles. The fraction of sp³-hybridized carbons (Fsp3) is 0.312. The predicted molar refractivity (Wildman–Crippen MR) is 78.4 cm³/mol. The van der Waals surface area contributed by atoms with E-state index in [0.717, 1.165) is 0 Å². The maximum atomic E-state index is 12.1. The summed E-state index contributed by atoms with van der Waals surface area (Å²) in [5.74, 6) is -2.10. The topological polar surface area (TPSA) is 72.5 Å². The molecule has 5 nitrogen and oxygen atoms in total. The number of ether oxygens (including phenoxy) is 1. The van der Waals surface area contributed by atoms with Crippen LogP contribution in [0.25, 0.3) is 0 Å². The van der Waals surface area contributed by atoms with Gasteiger partial charge in [-0.1, -0.05) is 38.6 Å². The number of carbonyl (C=O) groups is 3. The van der Waals surface area contributed by atoms with Gasteiger partial charge in [0, 0.05) is 11.1 Å². The van der Waals surface area contributed by atoms with Crippen molar-refractivity contribution in [2.24, 2.45) is 5.92 Å². The molecule has 0 saturated carbocycles. The summed E-state index contributed by atoms with van der Waals surface area (Å²) in [6.07, 6.45) is -1.04. The van der Waals surface area contributed by atoms with Gasteiger partial charge in [0.25, 0.3) is 11.8 Å². The summed E-state index contributed by atoms with van der Waals surface area (Å²) in [6.45, 7) is 8.41. The molecule has 0 saturated heterocycles. The molecule has 0 radical (unpaired) electrons. The molecule has 0 bridgehead atoms. The molecule has 21 heavy (non-hydrogen) atoms. The molecule has 0 aliphatic carbocycles. The van der Waals surface area contributed by atoms with Crippen molar-refractivity contribution in [1.29, 1.82) is 0 Å². The number of amides is 2. The van der Waals surface area contributed by atoms with Gasteiger partial charge in [-0.15, -0.1) is 0 Å². The Morgan fingerprint density at radius 1 is 1.14 bits per heavy atom. The Bertz CT molecular complexity index is 549. The Morgan fingerprint density at radius 2 is 1.71 bits per heavy atom. The minimum Gasteiger partial charge on any atom is -0.449 e. The maximum absolute atomic E-state index is 12.1.